The molecule has 2 aromatic carbocycles. The average molecular weight is 404 g/mol. The number of aromatic nitrogens is 1. The minimum atomic E-state index is -3.67. The number of anilines is 1. The molecular formula is C17H16N4O4S2. The highest BCUT2D eigenvalue weighted by atomic mass is 32.2. The molecule has 27 heavy (non-hydrogen) atoms. The lowest BCUT2D eigenvalue weighted by atomic mass is 10.3. The van der Waals surface area contributed by atoms with Gasteiger partial charge in [0.15, 0.2) is 5.13 Å². The van der Waals surface area contributed by atoms with E-state index in [2.05, 4.69) is 9.88 Å². The van der Waals surface area contributed by atoms with Gasteiger partial charge in [-0.15, -0.1) is 0 Å². The largest absolute Gasteiger partial charge is 0.345 e. The van der Waals surface area contributed by atoms with Gasteiger partial charge in [-0.25, -0.2) is 13.4 Å². The average Bonchev–Trinajstić information content (AvgIpc) is 3.12. The van der Waals surface area contributed by atoms with E-state index in [-0.39, 0.29) is 10.6 Å². The van der Waals surface area contributed by atoms with E-state index in [1.807, 2.05) is 24.3 Å². The molecule has 8 nitrogen and oxygen atoms in total. The summed E-state index contributed by atoms with van der Waals surface area (Å²) in [5.74, 6) is 0. The standard InChI is InChI=1S/C17H16N4O4S2/c22-21(23)13-5-7-14(8-6-13)27(24,25)20-11-9-19(10-12-20)17-18-15-3-1-2-4-16(15)26-17/h1-8H,9-12H2. The van der Waals surface area contributed by atoms with Crippen LogP contribution in [-0.2, 0) is 10.0 Å². The number of non-ortho nitro benzene ring substituents is 1. The maximum absolute atomic E-state index is 12.8. The second-order valence-corrected chi connectivity index (χ2v) is 9.05. The van der Waals surface area contributed by atoms with Gasteiger partial charge in [0.25, 0.3) is 5.69 Å². The van der Waals surface area contributed by atoms with Crippen LogP contribution in [0.25, 0.3) is 10.2 Å². The number of hydrogen-bond acceptors (Lipinski definition) is 7. The summed E-state index contributed by atoms with van der Waals surface area (Å²) in [7, 11) is -3.67. The summed E-state index contributed by atoms with van der Waals surface area (Å²) in [6.45, 7) is 1.78. The predicted molar refractivity (Wildman–Crippen MR) is 104 cm³/mol. The lowest BCUT2D eigenvalue weighted by Gasteiger charge is -2.33. The van der Waals surface area contributed by atoms with Crippen molar-refractivity contribution in [2.24, 2.45) is 0 Å². The first kappa shape index (κ1) is 17.8. The summed E-state index contributed by atoms with van der Waals surface area (Å²) in [6, 6.07) is 12.9. The Kier molecular flexibility index (Phi) is 4.54. The van der Waals surface area contributed by atoms with E-state index in [4.69, 9.17) is 0 Å². The highest BCUT2D eigenvalue weighted by molar-refractivity contribution is 7.89. The van der Waals surface area contributed by atoms with Gasteiger partial charge >= 0.3 is 0 Å². The fraction of sp³-hybridized carbons (Fsp3) is 0.235. The van der Waals surface area contributed by atoms with Crippen molar-refractivity contribution in [1.82, 2.24) is 9.29 Å². The topological polar surface area (TPSA) is 96.6 Å². The molecule has 0 N–H and O–H groups in total. The normalized spacial score (nSPS) is 15.9. The number of hydrogen-bond donors (Lipinski definition) is 0. The van der Waals surface area contributed by atoms with Crippen LogP contribution in [0.1, 0.15) is 0 Å². The molecule has 0 unspecified atom stereocenters. The van der Waals surface area contributed by atoms with Gasteiger partial charge < -0.3 is 4.90 Å². The lowest BCUT2D eigenvalue weighted by molar-refractivity contribution is -0.384. The summed E-state index contributed by atoms with van der Waals surface area (Å²) >= 11 is 1.60. The minimum Gasteiger partial charge on any atom is -0.345 e. The van der Waals surface area contributed by atoms with Gasteiger partial charge in [-0.3, -0.25) is 10.1 Å². The van der Waals surface area contributed by atoms with Crippen LogP contribution in [0, 0.1) is 10.1 Å². The zero-order valence-corrected chi connectivity index (χ0v) is 15.8. The van der Waals surface area contributed by atoms with Crippen LogP contribution in [0.5, 0.6) is 0 Å². The van der Waals surface area contributed by atoms with Gasteiger partial charge in [0.05, 0.1) is 20.0 Å². The van der Waals surface area contributed by atoms with Crippen LogP contribution in [0.2, 0.25) is 0 Å². The highest BCUT2D eigenvalue weighted by Gasteiger charge is 2.29. The third-order valence-electron chi connectivity index (χ3n) is 4.48. The van der Waals surface area contributed by atoms with Crippen molar-refractivity contribution in [3.63, 3.8) is 0 Å². The number of piperazine rings is 1. The Labute approximate surface area is 159 Å². The summed E-state index contributed by atoms with van der Waals surface area (Å²) in [4.78, 5) is 17.0. The summed E-state index contributed by atoms with van der Waals surface area (Å²) in [6.07, 6.45) is 0. The molecule has 0 spiro atoms. The lowest BCUT2D eigenvalue weighted by Crippen LogP contribution is -2.48. The minimum absolute atomic E-state index is 0.0709. The predicted octanol–water partition coefficient (Wildman–Crippen LogP) is 2.72. The number of para-hydroxylation sites is 1. The molecular weight excluding hydrogens is 388 g/mol. The third-order valence-corrected chi connectivity index (χ3v) is 7.49. The van der Waals surface area contributed by atoms with Crippen molar-refractivity contribution in [2.75, 3.05) is 31.1 Å². The van der Waals surface area contributed by atoms with Crippen molar-refractivity contribution in [2.45, 2.75) is 4.90 Å². The van der Waals surface area contributed by atoms with E-state index in [0.717, 1.165) is 15.3 Å². The first-order valence-electron chi connectivity index (χ1n) is 8.30. The van der Waals surface area contributed by atoms with Crippen LogP contribution < -0.4 is 4.90 Å². The number of nitro benzene ring substituents is 1. The molecule has 140 valence electrons. The van der Waals surface area contributed by atoms with Crippen LogP contribution in [-0.4, -0.2) is 48.8 Å². The smallest absolute Gasteiger partial charge is 0.269 e. The van der Waals surface area contributed by atoms with Crippen LogP contribution >= 0.6 is 11.3 Å². The van der Waals surface area contributed by atoms with Crippen molar-refractivity contribution < 1.29 is 13.3 Å². The summed E-state index contributed by atoms with van der Waals surface area (Å²) < 4.78 is 28.1. The van der Waals surface area contributed by atoms with Crippen molar-refractivity contribution in [1.29, 1.82) is 0 Å². The Morgan fingerprint density at radius 1 is 1.00 bits per heavy atom. The van der Waals surface area contributed by atoms with E-state index in [1.165, 1.54) is 28.6 Å². The molecule has 2 heterocycles. The fourth-order valence-electron chi connectivity index (χ4n) is 3.00. The summed E-state index contributed by atoms with van der Waals surface area (Å²) in [5, 5.41) is 11.6. The molecule has 1 aliphatic heterocycles. The van der Waals surface area contributed by atoms with Gasteiger partial charge in [0.2, 0.25) is 10.0 Å². The molecule has 0 bridgehead atoms. The zero-order chi connectivity index (χ0) is 19.0. The van der Waals surface area contributed by atoms with E-state index in [9.17, 15) is 18.5 Å². The highest BCUT2D eigenvalue weighted by Crippen LogP contribution is 2.30. The van der Waals surface area contributed by atoms with E-state index >= 15 is 0 Å². The fourth-order valence-corrected chi connectivity index (χ4v) is 5.44. The van der Waals surface area contributed by atoms with Crippen molar-refractivity contribution in [3.05, 3.63) is 58.6 Å². The van der Waals surface area contributed by atoms with Gasteiger partial charge in [-0.2, -0.15) is 4.31 Å². The van der Waals surface area contributed by atoms with Gasteiger partial charge in [-0.1, -0.05) is 23.5 Å². The Morgan fingerprint density at radius 3 is 2.30 bits per heavy atom. The van der Waals surface area contributed by atoms with Crippen LogP contribution in [0.15, 0.2) is 53.4 Å². The van der Waals surface area contributed by atoms with E-state index in [1.54, 1.807) is 11.3 Å². The first-order chi connectivity index (χ1) is 12.9. The number of sulfonamides is 1. The second-order valence-electron chi connectivity index (χ2n) is 6.11. The van der Waals surface area contributed by atoms with E-state index in [0.29, 0.717) is 26.2 Å². The molecule has 3 aromatic rings. The molecule has 4 rings (SSSR count). The molecule has 0 aliphatic carbocycles. The molecule has 0 radical (unpaired) electrons. The van der Waals surface area contributed by atoms with Gasteiger partial charge in [0.1, 0.15) is 0 Å². The third kappa shape index (κ3) is 3.38. The maximum atomic E-state index is 12.8. The Bertz CT molecular complexity index is 1050. The maximum Gasteiger partial charge on any atom is 0.269 e. The Balaban J connectivity index is 1.48. The Morgan fingerprint density at radius 2 is 1.67 bits per heavy atom. The number of thiazole rings is 1. The summed E-state index contributed by atoms with van der Waals surface area (Å²) in [5.41, 5.74) is 0.813. The first-order valence-corrected chi connectivity index (χ1v) is 10.6. The molecule has 1 aliphatic rings. The molecule has 1 saturated heterocycles. The Hall–Kier alpha value is -2.56. The SMILES string of the molecule is O=[N+]([O-])c1ccc(S(=O)(=O)N2CCN(c3nc4ccccc4s3)CC2)cc1. The van der Waals surface area contributed by atoms with Crippen LogP contribution in [0.4, 0.5) is 10.8 Å². The zero-order valence-electron chi connectivity index (χ0n) is 14.2. The number of rotatable bonds is 4. The van der Waals surface area contributed by atoms with Crippen molar-refractivity contribution >= 4 is 42.4 Å². The van der Waals surface area contributed by atoms with E-state index < -0.39 is 14.9 Å². The van der Waals surface area contributed by atoms with Gasteiger partial charge in [0, 0.05) is 38.3 Å². The number of benzene rings is 2. The number of nitro groups is 1. The van der Waals surface area contributed by atoms with Crippen molar-refractivity contribution in [3.8, 4) is 0 Å². The molecule has 0 saturated carbocycles. The molecule has 1 fully saturated rings. The number of nitrogens with zero attached hydrogens (tertiary/aromatic N) is 4. The van der Waals surface area contributed by atoms with Gasteiger partial charge in [-0.05, 0) is 24.3 Å². The number of fused-ring (bicyclic) bond motifs is 1. The monoisotopic (exact) mass is 404 g/mol. The quantitative estimate of drug-likeness (QED) is 0.490. The molecule has 10 heteroatoms. The molecule has 0 atom stereocenters. The van der Waals surface area contributed by atoms with Crippen LogP contribution in [0.3, 0.4) is 0 Å². The molecule has 1 aromatic heterocycles. The molecule has 0 amide bonds. The second kappa shape index (κ2) is 6.87.